The molecule has 3 heterocycles. The molecule has 8 heteroatoms. The maximum Gasteiger partial charge on any atom is 0.258 e. The number of likely N-dealkylation sites (N-methyl/N-ethyl adjacent to an activating group) is 1. The van der Waals surface area contributed by atoms with E-state index in [0.29, 0.717) is 10.7 Å². The minimum Gasteiger partial charge on any atom is -0.332 e. The van der Waals surface area contributed by atoms with E-state index in [2.05, 4.69) is 4.98 Å². The highest BCUT2D eigenvalue weighted by atomic mass is 32.1. The lowest BCUT2D eigenvalue weighted by molar-refractivity contribution is -0.159. The molecule has 0 N–H and O–H groups in total. The van der Waals surface area contributed by atoms with Crippen molar-refractivity contribution < 1.29 is 9.59 Å². The Morgan fingerprint density at radius 3 is 2.64 bits per heavy atom. The van der Waals surface area contributed by atoms with Gasteiger partial charge in [-0.15, -0.1) is 11.3 Å². The molecule has 116 valence electrons. The van der Waals surface area contributed by atoms with Crippen molar-refractivity contribution in [2.75, 3.05) is 7.05 Å². The van der Waals surface area contributed by atoms with Crippen LogP contribution in [0.25, 0.3) is 4.96 Å². The number of carbonyl (C=O) groups excluding carboxylic acids is 2. The van der Waals surface area contributed by atoms with Crippen molar-refractivity contribution in [2.24, 2.45) is 0 Å². The van der Waals surface area contributed by atoms with Gasteiger partial charge in [0.05, 0.1) is 12.2 Å². The molecule has 0 bridgehead atoms. The number of carbonyl (C=O) groups is 2. The standard InChI is InChI=1S/C14H16N4O3S/c1-8-13(21)18(9(2)12(20)16(8)3)7-10-6-11(19)17-4-5-22-14(17)15-10/h4-6,8-9H,7H2,1-3H3/t8-,9-/m0/s1. The predicted molar refractivity (Wildman–Crippen MR) is 81.6 cm³/mol. The summed E-state index contributed by atoms with van der Waals surface area (Å²) in [7, 11) is 1.63. The fraction of sp³-hybridized carbons (Fsp3) is 0.429. The normalized spacial score (nSPS) is 22.7. The van der Waals surface area contributed by atoms with Gasteiger partial charge < -0.3 is 9.80 Å². The topological polar surface area (TPSA) is 75.0 Å². The van der Waals surface area contributed by atoms with Gasteiger partial charge in [-0.1, -0.05) is 0 Å². The van der Waals surface area contributed by atoms with E-state index in [4.69, 9.17) is 0 Å². The van der Waals surface area contributed by atoms with Gasteiger partial charge >= 0.3 is 0 Å². The molecule has 0 unspecified atom stereocenters. The van der Waals surface area contributed by atoms with Gasteiger partial charge in [-0.3, -0.25) is 18.8 Å². The molecule has 0 spiro atoms. The Kier molecular flexibility index (Phi) is 3.48. The Labute approximate surface area is 130 Å². The van der Waals surface area contributed by atoms with Crippen LogP contribution >= 0.6 is 11.3 Å². The lowest BCUT2D eigenvalue weighted by atomic mass is 10.1. The van der Waals surface area contributed by atoms with Crippen molar-refractivity contribution in [1.82, 2.24) is 19.2 Å². The zero-order valence-corrected chi connectivity index (χ0v) is 13.3. The van der Waals surface area contributed by atoms with Crippen LogP contribution in [-0.2, 0) is 16.1 Å². The lowest BCUT2D eigenvalue weighted by Gasteiger charge is -2.40. The van der Waals surface area contributed by atoms with Crippen molar-refractivity contribution in [3.8, 4) is 0 Å². The van der Waals surface area contributed by atoms with Gasteiger partial charge in [0.15, 0.2) is 4.96 Å². The van der Waals surface area contributed by atoms with Gasteiger partial charge in [0.25, 0.3) is 5.56 Å². The first-order valence-corrected chi connectivity index (χ1v) is 7.81. The second-order valence-corrected chi connectivity index (χ2v) is 6.28. The highest BCUT2D eigenvalue weighted by Crippen LogP contribution is 2.19. The van der Waals surface area contributed by atoms with Gasteiger partial charge in [0.2, 0.25) is 11.8 Å². The zero-order valence-electron chi connectivity index (χ0n) is 12.5. The van der Waals surface area contributed by atoms with E-state index in [0.717, 1.165) is 0 Å². The van der Waals surface area contributed by atoms with Gasteiger partial charge in [-0.25, -0.2) is 4.98 Å². The molecule has 22 heavy (non-hydrogen) atoms. The van der Waals surface area contributed by atoms with Crippen LogP contribution in [0.1, 0.15) is 19.5 Å². The third-order valence-corrected chi connectivity index (χ3v) is 4.84. The van der Waals surface area contributed by atoms with Crippen LogP contribution in [0.15, 0.2) is 22.4 Å². The second-order valence-electron chi connectivity index (χ2n) is 5.41. The van der Waals surface area contributed by atoms with Gasteiger partial charge in [-0.05, 0) is 13.8 Å². The monoisotopic (exact) mass is 320 g/mol. The van der Waals surface area contributed by atoms with E-state index in [1.807, 2.05) is 0 Å². The van der Waals surface area contributed by atoms with Crippen molar-refractivity contribution in [3.63, 3.8) is 0 Å². The highest BCUT2D eigenvalue weighted by molar-refractivity contribution is 7.15. The molecule has 2 aromatic heterocycles. The summed E-state index contributed by atoms with van der Waals surface area (Å²) >= 11 is 1.35. The van der Waals surface area contributed by atoms with E-state index in [1.54, 1.807) is 32.5 Å². The molecule has 2 aromatic rings. The van der Waals surface area contributed by atoms with Gasteiger partial charge in [0.1, 0.15) is 12.1 Å². The third-order valence-electron chi connectivity index (χ3n) is 4.08. The summed E-state index contributed by atoms with van der Waals surface area (Å²) in [4.78, 5) is 44.5. The van der Waals surface area contributed by atoms with Gasteiger partial charge in [0, 0.05) is 24.7 Å². The average Bonchev–Trinajstić information content (AvgIpc) is 2.96. The molecule has 0 aromatic carbocycles. The third kappa shape index (κ3) is 2.19. The Morgan fingerprint density at radius 2 is 1.91 bits per heavy atom. The summed E-state index contributed by atoms with van der Waals surface area (Å²) < 4.78 is 1.46. The molecule has 0 aliphatic carbocycles. The van der Waals surface area contributed by atoms with Gasteiger partial charge in [-0.2, -0.15) is 0 Å². The fourth-order valence-corrected chi connectivity index (χ4v) is 3.31. The zero-order chi connectivity index (χ0) is 16.0. The molecule has 0 radical (unpaired) electrons. The lowest BCUT2D eigenvalue weighted by Crippen LogP contribution is -2.61. The number of amides is 2. The molecule has 0 saturated carbocycles. The first-order valence-electron chi connectivity index (χ1n) is 6.93. The van der Waals surface area contributed by atoms with Crippen molar-refractivity contribution in [1.29, 1.82) is 0 Å². The smallest absolute Gasteiger partial charge is 0.258 e. The quantitative estimate of drug-likeness (QED) is 0.799. The molecule has 7 nitrogen and oxygen atoms in total. The van der Waals surface area contributed by atoms with Crippen LogP contribution < -0.4 is 5.56 Å². The van der Waals surface area contributed by atoms with Crippen LogP contribution in [0.4, 0.5) is 0 Å². The summed E-state index contributed by atoms with van der Waals surface area (Å²) in [5.74, 6) is -0.246. The number of thiazole rings is 1. The van der Waals surface area contributed by atoms with E-state index in [-0.39, 0.29) is 23.9 Å². The number of nitrogens with zero attached hydrogens (tertiary/aromatic N) is 4. The number of hydrogen-bond acceptors (Lipinski definition) is 5. The first-order chi connectivity index (χ1) is 10.4. The molecule has 1 fully saturated rings. The highest BCUT2D eigenvalue weighted by Gasteiger charge is 2.39. The maximum atomic E-state index is 12.4. The predicted octanol–water partition coefficient (Wildman–Crippen LogP) is 0.334. The molecule has 1 aliphatic heterocycles. The van der Waals surface area contributed by atoms with Crippen molar-refractivity contribution >= 4 is 28.1 Å². The molecule has 3 rings (SSSR count). The summed E-state index contributed by atoms with van der Waals surface area (Å²) in [5.41, 5.74) is 0.312. The minimum atomic E-state index is -0.558. The van der Waals surface area contributed by atoms with E-state index in [1.165, 1.54) is 31.6 Å². The molecular weight excluding hydrogens is 304 g/mol. The van der Waals surface area contributed by atoms with E-state index < -0.39 is 12.1 Å². The number of aromatic nitrogens is 2. The number of rotatable bonds is 2. The summed E-state index contributed by atoms with van der Waals surface area (Å²) in [6.07, 6.45) is 1.66. The molecule has 1 aliphatic rings. The molecular formula is C14H16N4O3S. The molecule has 2 amide bonds. The van der Waals surface area contributed by atoms with Crippen LogP contribution in [0.2, 0.25) is 0 Å². The summed E-state index contributed by atoms with van der Waals surface area (Å²) in [6.45, 7) is 3.55. The maximum absolute atomic E-state index is 12.4. The summed E-state index contributed by atoms with van der Waals surface area (Å²) in [6, 6.07) is 0.347. The Hall–Kier alpha value is -2.22. The van der Waals surface area contributed by atoms with E-state index >= 15 is 0 Å². The Morgan fingerprint density at radius 1 is 1.18 bits per heavy atom. The number of fused-ring (bicyclic) bond motifs is 1. The van der Waals surface area contributed by atoms with Crippen LogP contribution in [0, 0.1) is 0 Å². The Balaban J connectivity index is 1.94. The minimum absolute atomic E-state index is 0.110. The SMILES string of the molecule is C[C@H]1C(=O)N(Cc2cc(=O)n3ccsc3n2)[C@@H](C)C(=O)N1C. The van der Waals surface area contributed by atoms with Crippen LogP contribution in [0.3, 0.4) is 0 Å². The molecule has 2 atom stereocenters. The Bertz CT molecular complexity index is 812. The average molecular weight is 320 g/mol. The van der Waals surface area contributed by atoms with Crippen LogP contribution in [-0.4, -0.2) is 50.1 Å². The van der Waals surface area contributed by atoms with Crippen LogP contribution in [0.5, 0.6) is 0 Å². The fourth-order valence-electron chi connectivity index (χ4n) is 2.57. The summed E-state index contributed by atoms with van der Waals surface area (Å²) in [5, 5.41) is 1.78. The van der Waals surface area contributed by atoms with Crippen molar-refractivity contribution in [3.05, 3.63) is 33.7 Å². The largest absolute Gasteiger partial charge is 0.332 e. The van der Waals surface area contributed by atoms with E-state index in [9.17, 15) is 14.4 Å². The number of piperazine rings is 1. The van der Waals surface area contributed by atoms with Crippen molar-refractivity contribution in [2.45, 2.75) is 32.5 Å². The second kappa shape index (κ2) is 5.20. The number of hydrogen-bond donors (Lipinski definition) is 0. The first kappa shape index (κ1) is 14.7. The molecule has 1 saturated heterocycles.